The number of carbonyl (C=O) groups is 2. The maximum atomic E-state index is 12.0. The van der Waals surface area contributed by atoms with Crippen molar-refractivity contribution in [2.24, 2.45) is 0 Å². The van der Waals surface area contributed by atoms with Crippen molar-refractivity contribution in [3.8, 4) is 0 Å². The van der Waals surface area contributed by atoms with Crippen LogP contribution in [0.1, 0.15) is 48.7 Å². The van der Waals surface area contributed by atoms with Gasteiger partial charge in [0.1, 0.15) is 5.60 Å². The van der Waals surface area contributed by atoms with Gasteiger partial charge in [-0.15, -0.1) is 11.3 Å². The Morgan fingerprint density at radius 2 is 2.16 bits per heavy atom. The van der Waals surface area contributed by atoms with Crippen LogP contribution in [0.2, 0.25) is 0 Å². The van der Waals surface area contributed by atoms with Crippen LogP contribution in [0.25, 0.3) is 0 Å². The second kappa shape index (κ2) is 5.84. The van der Waals surface area contributed by atoms with Gasteiger partial charge in [0, 0.05) is 12.5 Å². The molecule has 1 aromatic rings. The van der Waals surface area contributed by atoms with Crippen LogP contribution in [0.3, 0.4) is 0 Å². The Morgan fingerprint density at radius 1 is 1.47 bits per heavy atom. The monoisotopic (exact) mass is 281 g/mol. The Kier molecular flexibility index (Phi) is 4.37. The molecule has 4 nitrogen and oxygen atoms in total. The minimum atomic E-state index is -1.22. The van der Waals surface area contributed by atoms with Gasteiger partial charge in [-0.05, 0) is 44.1 Å². The molecule has 0 radical (unpaired) electrons. The number of nitrogens with one attached hydrogen (secondary N) is 1. The molecule has 5 heteroatoms. The van der Waals surface area contributed by atoms with Crippen LogP contribution in [0.5, 0.6) is 0 Å². The second-order valence-electron chi connectivity index (χ2n) is 5.22. The fraction of sp³-hybridized carbons (Fsp3) is 0.571. The van der Waals surface area contributed by atoms with E-state index >= 15 is 0 Å². The molecule has 1 saturated carbocycles. The van der Waals surface area contributed by atoms with Crippen LogP contribution in [-0.4, -0.2) is 28.4 Å². The zero-order valence-electron chi connectivity index (χ0n) is 11.0. The summed E-state index contributed by atoms with van der Waals surface area (Å²) in [5, 5.41) is 14.7. The predicted octanol–water partition coefficient (Wildman–Crippen LogP) is 2.13. The Balaban J connectivity index is 1.86. The van der Waals surface area contributed by atoms with E-state index in [0.29, 0.717) is 17.7 Å². The lowest BCUT2D eigenvalue weighted by atomic mass is 10.0. The molecule has 19 heavy (non-hydrogen) atoms. The number of aliphatic hydroxyl groups is 1. The minimum Gasteiger partial charge on any atom is -0.380 e. The maximum Gasteiger partial charge on any atom is 0.252 e. The SMILES string of the molecule is CC(CC(=O)c1cccs1)NC(=O)C1(O)CCCC1. The number of hydrogen-bond donors (Lipinski definition) is 2. The molecule has 0 spiro atoms. The summed E-state index contributed by atoms with van der Waals surface area (Å²) in [5.41, 5.74) is -1.22. The van der Waals surface area contributed by atoms with E-state index < -0.39 is 5.60 Å². The molecule has 1 amide bonds. The zero-order valence-corrected chi connectivity index (χ0v) is 11.8. The summed E-state index contributed by atoms with van der Waals surface area (Å²) < 4.78 is 0. The van der Waals surface area contributed by atoms with Crippen molar-refractivity contribution in [2.75, 3.05) is 0 Å². The molecule has 1 fully saturated rings. The Bertz CT molecular complexity index is 449. The molecule has 2 N–H and O–H groups in total. The summed E-state index contributed by atoms with van der Waals surface area (Å²) in [6.45, 7) is 1.79. The molecule has 1 aliphatic carbocycles. The van der Waals surface area contributed by atoms with E-state index in [1.165, 1.54) is 11.3 Å². The molecule has 0 aliphatic heterocycles. The van der Waals surface area contributed by atoms with Gasteiger partial charge < -0.3 is 10.4 Å². The van der Waals surface area contributed by atoms with Crippen LogP contribution in [0.4, 0.5) is 0 Å². The molecular weight excluding hydrogens is 262 g/mol. The third-order valence-electron chi connectivity index (χ3n) is 3.52. The molecule has 1 aromatic heterocycles. The number of amides is 1. The van der Waals surface area contributed by atoms with Gasteiger partial charge >= 0.3 is 0 Å². The molecule has 0 bridgehead atoms. The minimum absolute atomic E-state index is 0.0289. The van der Waals surface area contributed by atoms with E-state index in [-0.39, 0.29) is 24.2 Å². The van der Waals surface area contributed by atoms with E-state index in [4.69, 9.17) is 0 Å². The Hall–Kier alpha value is -1.20. The number of thiophene rings is 1. The highest BCUT2D eigenvalue weighted by molar-refractivity contribution is 7.12. The molecule has 1 unspecified atom stereocenters. The highest BCUT2D eigenvalue weighted by Crippen LogP contribution is 2.29. The number of ketones is 1. The van der Waals surface area contributed by atoms with Gasteiger partial charge in [-0.2, -0.15) is 0 Å². The summed E-state index contributed by atoms with van der Waals surface area (Å²) in [4.78, 5) is 24.6. The van der Waals surface area contributed by atoms with Gasteiger partial charge in [0.2, 0.25) is 0 Å². The molecule has 2 rings (SSSR count). The zero-order chi connectivity index (χ0) is 13.9. The van der Waals surface area contributed by atoms with E-state index in [2.05, 4.69) is 5.32 Å². The third-order valence-corrected chi connectivity index (χ3v) is 4.43. The van der Waals surface area contributed by atoms with Crippen molar-refractivity contribution in [1.82, 2.24) is 5.32 Å². The van der Waals surface area contributed by atoms with Crippen LogP contribution < -0.4 is 5.32 Å². The van der Waals surface area contributed by atoms with Gasteiger partial charge in [0.15, 0.2) is 5.78 Å². The first kappa shape index (κ1) is 14.2. The Labute approximate surface area is 116 Å². The molecule has 1 atom stereocenters. The first-order valence-corrected chi connectivity index (χ1v) is 7.49. The summed E-state index contributed by atoms with van der Waals surface area (Å²) in [6.07, 6.45) is 3.07. The standard InChI is InChI=1S/C14H19NO3S/c1-10(9-11(16)12-5-4-8-19-12)15-13(17)14(18)6-2-3-7-14/h4-5,8,10,18H,2-3,6-7,9H2,1H3,(H,15,17). The van der Waals surface area contributed by atoms with Crippen molar-refractivity contribution >= 4 is 23.0 Å². The third kappa shape index (κ3) is 3.42. The number of carbonyl (C=O) groups excluding carboxylic acids is 2. The fourth-order valence-corrected chi connectivity index (χ4v) is 3.09. The van der Waals surface area contributed by atoms with E-state index in [0.717, 1.165) is 12.8 Å². The van der Waals surface area contributed by atoms with Crippen molar-refractivity contribution in [2.45, 2.75) is 50.7 Å². The number of rotatable bonds is 5. The van der Waals surface area contributed by atoms with Crippen molar-refractivity contribution < 1.29 is 14.7 Å². The lowest BCUT2D eigenvalue weighted by Gasteiger charge is -2.23. The predicted molar refractivity (Wildman–Crippen MR) is 74.3 cm³/mol. The lowest BCUT2D eigenvalue weighted by Crippen LogP contribution is -2.48. The van der Waals surface area contributed by atoms with Crippen LogP contribution in [-0.2, 0) is 4.79 Å². The van der Waals surface area contributed by atoms with Crippen molar-refractivity contribution in [3.63, 3.8) is 0 Å². The topological polar surface area (TPSA) is 66.4 Å². The summed E-state index contributed by atoms with van der Waals surface area (Å²) >= 11 is 1.40. The quantitative estimate of drug-likeness (QED) is 0.813. The van der Waals surface area contributed by atoms with Crippen LogP contribution >= 0.6 is 11.3 Å². The average molecular weight is 281 g/mol. The highest BCUT2D eigenvalue weighted by Gasteiger charge is 2.39. The second-order valence-corrected chi connectivity index (χ2v) is 6.17. The van der Waals surface area contributed by atoms with E-state index in [1.54, 1.807) is 13.0 Å². The van der Waals surface area contributed by atoms with Crippen molar-refractivity contribution in [3.05, 3.63) is 22.4 Å². The van der Waals surface area contributed by atoms with Gasteiger partial charge in [-0.3, -0.25) is 9.59 Å². The van der Waals surface area contributed by atoms with E-state index in [9.17, 15) is 14.7 Å². The Morgan fingerprint density at radius 3 is 2.74 bits per heavy atom. The highest BCUT2D eigenvalue weighted by atomic mass is 32.1. The van der Waals surface area contributed by atoms with Crippen LogP contribution in [0.15, 0.2) is 17.5 Å². The first-order chi connectivity index (χ1) is 9.01. The van der Waals surface area contributed by atoms with Crippen molar-refractivity contribution in [1.29, 1.82) is 0 Å². The van der Waals surface area contributed by atoms with Crippen LogP contribution in [0, 0.1) is 0 Å². The molecule has 104 valence electrons. The summed E-state index contributed by atoms with van der Waals surface area (Å²) in [6, 6.07) is 3.36. The largest absolute Gasteiger partial charge is 0.380 e. The van der Waals surface area contributed by atoms with Gasteiger partial charge in [0.25, 0.3) is 5.91 Å². The molecule has 1 aliphatic rings. The summed E-state index contributed by atoms with van der Waals surface area (Å²) in [7, 11) is 0. The van der Waals surface area contributed by atoms with Gasteiger partial charge in [-0.25, -0.2) is 0 Å². The molecule has 1 heterocycles. The number of Topliss-reactive ketones (excluding diaryl/α,β-unsaturated/α-hetero) is 1. The molecule has 0 saturated heterocycles. The average Bonchev–Trinajstić information content (AvgIpc) is 2.99. The normalized spacial score (nSPS) is 19.1. The number of hydrogen-bond acceptors (Lipinski definition) is 4. The summed E-state index contributed by atoms with van der Waals surface area (Å²) in [5.74, 6) is -0.308. The molecular formula is C14H19NO3S. The van der Waals surface area contributed by atoms with E-state index in [1.807, 2.05) is 11.4 Å². The molecule has 0 aromatic carbocycles. The maximum absolute atomic E-state index is 12.0. The first-order valence-electron chi connectivity index (χ1n) is 6.61. The fourth-order valence-electron chi connectivity index (χ4n) is 2.41. The lowest BCUT2D eigenvalue weighted by molar-refractivity contribution is -0.139. The van der Waals surface area contributed by atoms with Gasteiger partial charge in [-0.1, -0.05) is 6.07 Å². The van der Waals surface area contributed by atoms with Gasteiger partial charge in [0.05, 0.1) is 4.88 Å². The smallest absolute Gasteiger partial charge is 0.252 e.